The van der Waals surface area contributed by atoms with Gasteiger partial charge in [0.1, 0.15) is 0 Å². The third-order valence-electron chi connectivity index (χ3n) is 3.57. The van der Waals surface area contributed by atoms with E-state index >= 15 is 0 Å². The first kappa shape index (κ1) is 18.0. The minimum absolute atomic E-state index is 0.00875. The van der Waals surface area contributed by atoms with E-state index in [-0.39, 0.29) is 18.4 Å². The fraction of sp³-hybridized carbons (Fsp3) is 0.444. The number of amides is 2. The summed E-state index contributed by atoms with van der Waals surface area (Å²) in [5, 5.41) is 2.98. The van der Waals surface area contributed by atoms with Gasteiger partial charge in [-0.3, -0.25) is 9.59 Å². The van der Waals surface area contributed by atoms with E-state index in [0.29, 0.717) is 11.8 Å². The van der Waals surface area contributed by atoms with Crippen molar-refractivity contribution >= 4 is 17.5 Å². The Morgan fingerprint density at radius 2 is 1.68 bits per heavy atom. The number of carbonyl (C=O) groups is 2. The Bertz CT molecular complexity index is 536. The highest BCUT2D eigenvalue weighted by Crippen LogP contribution is 2.32. The molecule has 0 saturated heterocycles. The van der Waals surface area contributed by atoms with Gasteiger partial charge in [0.25, 0.3) is 0 Å². The maximum atomic E-state index is 12.3. The Hall–Kier alpha value is -2.10. The molecule has 0 spiro atoms. The van der Waals surface area contributed by atoms with E-state index in [1.165, 1.54) is 11.0 Å². The second-order valence-electron chi connectivity index (χ2n) is 6.07. The summed E-state index contributed by atoms with van der Waals surface area (Å²) in [5.41, 5.74) is 3.09. The van der Waals surface area contributed by atoms with E-state index in [2.05, 4.69) is 39.6 Å². The lowest BCUT2D eigenvalue weighted by atomic mass is 9.92. The minimum Gasteiger partial charge on any atom is -0.333 e. The van der Waals surface area contributed by atoms with Gasteiger partial charge in [0, 0.05) is 12.7 Å². The lowest BCUT2D eigenvalue weighted by Gasteiger charge is -2.21. The van der Waals surface area contributed by atoms with Gasteiger partial charge in [0.15, 0.2) is 0 Å². The van der Waals surface area contributed by atoms with Crippen LogP contribution in [-0.2, 0) is 9.59 Å². The molecule has 0 aliphatic heterocycles. The van der Waals surface area contributed by atoms with Gasteiger partial charge in [-0.1, -0.05) is 52.5 Å². The van der Waals surface area contributed by atoms with Crippen molar-refractivity contribution < 1.29 is 9.59 Å². The molecule has 1 rings (SSSR count). The van der Waals surface area contributed by atoms with E-state index in [9.17, 15) is 9.59 Å². The van der Waals surface area contributed by atoms with Gasteiger partial charge in [-0.2, -0.15) is 0 Å². The van der Waals surface area contributed by atoms with Gasteiger partial charge in [0.2, 0.25) is 11.8 Å². The van der Waals surface area contributed by atoms with E-state index in [0.717, 1.165) is 16.8 Å². The summed E-state index contributed by atoms with van der Waals surface area (Å²) in [6, 6.07) is 6.09. The van der Waals surface area contributed by atoms with Crippen molar-refractivity contribution in [3.05, 3.63) is 42.0 Å². The third kappa shape index (κ3) is 4.45. The standard InChI is InChI=1S/C18H26N2O2/c1-7-17(22)20(6)11-16(21)19-18-14(12(2)3)9-8-10-15(18)13(4)5/h7-10,12-13H,1,11H2,2-6H3,(H,19,21). The summed E-state index contributed by atoms with van der Waals surface area (Å²) < 4.78 is 0. The largest absolute Gasteiger partial charge is 0.333 e. The molecule has 0 bridgehead atoms. The van der Waals surface area contributed by atoms with Crippen LogP contribution in [0.2, 0.25) is 0 Å². The smallest absolute Gasteiger partial charge is 0.246 e. The van der Waals surface area contributed by atoms with Crippen molar-refractivity contribution in [1.82, 2.24) is 4.90 Å². The van der Waals surface area contributed by atoms with Crippen molar-refractivity contribution in [3.8, 4) is 0 Å². The van der Waals surface area contributed by atoms with Crippen molar-refractivity contribution in [2.45, 2.75) is 39.5 Å². The fourth-order valence-corrected chi connectivity index (χ4v) is 2.32. The monoisotopic (exact) mass is 302 g/mol. The van der Waals surface area contributed by atoms with Gasteiger partial charge >= 0.3 is 0 Å². The molecular weight excluding hydrogens is 276 g/mol. The second-order valence-corrected chi connectivity index (χ2v) is 6.07. The SMILES string of the molecule is C=CC(=O)N(C)CC(=O)Nc1c(C(C)C)cccc1C(C)C. The summed E-state index contributed by atoms with van der Waals surface area (Å²) in [4.78, 5) is 25.1. The summed E-state index contributed by atoms with van der Waals surface area (Å²) in [5.74, 6) is 0.146. The molecule has 1 aromatic rings. The Balaban J connectivity index is 3.03. The van der Waals surface area contributed by atoms with Gasteiger partial charge in [-0.25, -0.2) is 0 Å². The van der Waals surface area contributed by atoms with Crippen molar-refractivity contribution in [1.29, 1.82) is 0 Å². The fourth-order valence-electron chi connectivity index (χ4n) is 2.32. The minimum atomic E-state index is -0.267. The first-order chi connectivity index (χ1) is 10.3. The number of nitrogens with zero attached hydrogens (tertiary/aromatic N) is 1. The average molecular weight is 302 g/mol. The predicted molar refractivity (Wildman–Crippen MR) is 91.1 cm³/mol. The van der Waals surface area contributed by atoms with Crippen LogP contribution in [0, 0.1) is 0 Å². The average Bonchev–Trinajstić information content (AvgIpc) is 2.45. The molecule has 1 aromatic carbocycles. The number of hydrogen-bond donors (Lipinski definition) is 1. The van der Waals surface area contributed by atoms with Crippen LogP contribution in [0.25, 0.3) is 0 Å². The molecule has 0 aliphatic rings. The quantitative estimate of drug-likeness (QED) is 0.817. The normalized spacial score (nSPS) is 10.7. The summed E-state index contributed by atoms with van der Waals surface area (Å²) >= 11 is 0. The topological polar surface area (TPSA) is 49.4 Å². The molecule has 0 fully saturated rings. The molecule has 4 heteroatoms. The van der Waals surface area contributed by atoms with Crippen LogP contribution in [0.3, 0.4) is 0 Å². The molecule has 22 heavy (non-hydrogen) atoms. The zero-order chi connectivity index (χ0) is 16.9. The van der Waals surface area contributed by atoms with Crippen LogP contribution in [0.15, 0.2) is 30.9 Å². The van der Waals surface area contributed by atoms with Gasteiger partial charge in [-0.05, 0) is 29.0 Å². The maximum Gasteiger partial charge on any atom is 0.246 e. The van der Waals surface area contributed by atoms with Gasteiger partial charge in [-0.15, -0.1) is 0 Å². The van der Waals surface area contributed by atoms with Crippen LogP contribution >= 0.6 is 0 Å². The molecule has 0 heterocycles. The number of likely N-dealkylation sites (N-methyl/N-ethyl adjacent to an activating group) is 1. The van der Waals surface area contributed by atoms with Crippen LogP contribution in [0.1, 0.15) is 50.7 Å². The molecule has 1 N–H and O–H groups in total. The molecule has 0 radical (unpaired) electrons. The third-order valence-corrected chi connectivity index (χ3v) is 3.57. The van der Waals surface area contributed by atoms with Crippen LogP contribution in [-0.4, -0.2) is 30.3 Å². The summed E-state index contributed by atoms with van der Waals surface area (Å²) in [7, 11) is 1.58. The van der Waals surface area contributed by atoms with Crippen LogP contribution < -0.4 is 5.32 Å². The summed E-state index contributed by atoms with van der Waals surface area (Å²) in [6.07, 6.45) is 1.20. The zero-order valence-corrected chi connectivity index (χ0v) is 14.1. The van der Waals surface area contributed by atoms with Crippen LogP contribution in [0.5, 0.6) is 0 Å². The van der Waals surface area contributed by atoms with E-state index in [1.807, 2.05) is 18.2 Å². The molecule has 0 saturated carbocycles. The van der Waals surface area contributed by atoms with E-state index < -0.39 is 0 Å². The molecule has 0 atom stereocenters. The molecule has 0 aromatic heterocycles. The second kappa shape index (κ2) is 7.78. The zero-order valence-electron chi connectivity index (χ0n) is 14.1. The van der Waals surface area contributed by atoms with E-state index in [1.54, 1.807) is 7.05 Å². The highest BCUT2D eigenvalue weighted by atomic mass is 16.2. The van der Waals surface area contributed by atoms with Crippen molar-refractivity contribution in [3.63, 3.8) is 0 Å². The molecule has 2 amide bonds. The number of hydrogen-bond acceptors (Lipinski definition) is 2. The maximum absolute atomic E-state index is 12.3. The van der Waals surface area contributed by atoms with Crippen LogP contribution in [0.4, 0.5) is 5.69 Å². The first-order valence-electron chi connectivity index (χ1n) is 7.58. The number of para-hydroxylation sites is 1. The molecule has 0 aliphatic carbocycles. The van der Waals surface area contributed by atoms with Crippen molar-refractivity contribution in [2.75, 3.05) is 18.9 Å². The van der Waals surface area contributed by atoms with Crippen molar-refractivity contribution in [2.24, 2.45) is 0 Å². The predicted octanol–water partition coefficient (Wildman–Crippen LogP) is 3.52. The number of benzene rings is 1. The number of nitrogens with one attached hydrogen (secondary N) is 1. The molecule has 120 valence electrons. The molecular formula is C18H26N2O2. The Morgan fingerprint density at radius 3 is 2.09 bits per heavy atom. The first-order valence-corrected chi connectivity index (χ1v) is 7.58. The highest BCUT2D eigenvalue weighted by Gasteiger charge is 2.17. The molecule has 0 unspecified atom stereocenters. The number of anilines is 1. The lowest BCUT2D eigenvalue weighted by molar-refractivity contribution is -0.129. The van der Waals surface area contributed by atoms with Gasteiger partial charge < -0.3 is 10.2 Å². The Kier molecular flexibility index (Phi) is 6.35. The van der Waals surface area contributed by atoms with Gasteiger partial charge in [0.05, 0.1) is 6.54 Å². The highest BCUT2D eigenvalue weighted by molar-refractivity contribution is 5.97. The number of carbonyl (C=O) groups excluding carboxylic acids is 2. The van der Waals surface area contributed by atoms with E-state index in [4.69, 9.17) is 0 Å². The lowest BCUT2D eigenvalue weighted by Crippen LogP contribution is -2.34. The summed E-state index contributed by atoms with van der Waals surface area (Å²) in [6.45, 7) is 11.8. The Morgan fingerprint density at radius 1 is 1.18 bits per heavy atom. The Labute approximate surface area is 133 Å². The molecule has 4 nitrogen and oxygen atoms in total. The number of rotatable bonds is 6.